The highest BCUT2D eigenvalue weighted by Gasteiger charge is 2.16. The molecule has 1 aliphatic heterocycles. The molecule has 66 valence electrons. The lowest BCUT2D eigenvalue weighted by Crippen LogP contribution is -2.26. The van der Waals surface area contributed by atoms with Gasteiger partial charge >= 0.3 is 0 Å². The van der Waals surface area contributed by atoms with Crippen LogP contribution < -0.4 is 5.32 Å². The van der Waals surface area contributed by atoms with Gasteiger partial charge in [-0.25, -0.2) is 0 Å². The molecule has 0 aromatic carbocycles. The fraction of sp³-hybridized carbons (Fsp3) is 1.00. The molecule has 0 unspecified atom stereocenters. The molecule has 1 rings (SSSR count). The van der Waals surface area contributed by atoms with E-state index in [0.29, 0.717) is 6.04 Å². The molecule has 1 heterocycles. The molecule has 2 atom stereocenters. The van der Waals surface area contributed by atoms with Crippen molar-refractivity contribution >= 4 is 0 Å². The molecule has 2 N–H and O–H groups in total. The van der Waals surface area contributed by atoms with Crippen LogP contribution in [0.2, 0.25) is 0 Å². The van der Waals surface area contributed by atoms with Gasteiger partial charge in [-0.1, -0.05) is 13.3 Å². The standard InChI is InChI=1S/C9H19NO/c1-2-4-9(11)7-8-5-3-6-10-8/h8-11H,2-7H2,1H3/t8-,9+/m0/s1. The van der Waals surface area contributed by atoms with Crippen molar-refractivity contribution in [2.45, 2.75) is 51.2 Å². The van der Waals surface area contributed by atoms with Gasteiger partial charge in [0.25, 0.3) is 0 Å². The first-order chi connectivity index (χ1) is 5.33. The van der Waals surface area contributed by atoms with Gasteiger partial charge in [-0.2, -0.15) is 0 Å². The summed E-state index contributed by atoms with van der Waals surface area (Å²) in [5.41, 5.74) is 0. The van der Waals surface area contributed by atoms with Crippen LogP contribution in [0, 0.1) is 0 Å². The number of hydrogen-bond acceptors (Lipinski definition) is 2. The minimum Gasteiger partial charge on any atom is -0.393 e. The van der Waals surface area contributed by atoms with Gasteiger partial charge < -0.3 is 10.4 Å². The lowest BCUT2D eigenvalue weighted by Gasteiger charge is -2.14. The molecule has 1 saturated heterocycles. The third-order valence-corrected chi connectivity index (χ3v) is 2.34. The molecule has 11 heavy (non-hydrogen) atoms. The zero-order valence-corrected chi connectivity index (χ0v) is 7.34. The van der Waals surface area contributed by atoms with E-state index in [-0.39, 0.29) is 6.10 Å². The average molecular weight is 157 g/mol. The number of rotatable bonds is 4. The predicted molar refractivity (Wildman–Crippen MR) is 46.6 cm³/mol. The molecular weight excluding hydrogens is 138 g/mol. The van der Waals surface area contributed by atoms with E-state index in [1.807, 2.05) is 0 Å². The second-order valence-electron chi connectivity index (χ2n) is 3.47. The van der Waals surface area contributed by atoms with Crippen LogP contribution in [0.1, 0.15) is 39.0 Å². The molecule has 0 aromatic heterocycles. The van der Waals surface area contributed by atoms with Crippen LogP contribution in [0.15, 0.2) is 0 Å². The Labute approximate surface area is 69.0 Å². The van der Waals surface area contributed by atoms with Crippen LogP contribution in [0.4, 0.5) is 0 Å². The summed E-state index contributed by atoms with van der Waals surface area (Å²) in [5, 5.41) is 12.9. The van der Waals surface area contributed by atoms with E-state index in [1.165, 1.54) is 12.8 Å². The summed E-state index contributed by atoms with van der Waals surface area (Å²) < 4.78 is 0. The summed E-state index contributed by atoms with van der Waals surface area (Å²) in [6, 6.07) is 0.594. The summed E-state index contributed by atoms with van der Waals surface area (Å²) in [7, 11) is 0. The zero-order valence-electron chi connectivity index (χ0n) is 7.34. The molecule has 0 aliphatic carbocycles. The summed E-state index contributed by atoms with van der Waals surface area (Å²) in [5.74, 6) is 0. The van der Waals surface area contributed by atoms with Gasteiger partial charge in [-0.3, -0.25) is 0 Å². The Balaban J connectivity index is 2.08. The highest BCUT2D eigenvalue weighted by Crippen LogP contribution is 2.13. The SMILES string of the molecule is CCC[C@@H](O)C[C@@H]1CCCN1. The minimum atomic E-state index is -0.0735. The first kappa shape index (κ1) is 9.01. The van der Waals surface area contributed by atoms with Gasteiger partial charge in [0.15, 0.2) is 0 Å². The maximum Gasteiger partial charge on any atom is 0.0555 e. The van der Waals surface area contributed by atoms with Crippen molar-refractivity contribution in [1.82, 2.24) is 5.32 Å². The summed E-state index contributed by atoms with van der Waals surface area (Å²) in [6.07, 6.45) is 5.46. The smallest absolute Gasteiger partial charge is 0.0555 e. The van der Waals surface area contributed by atoms with E-state index < -0.39 is 0 Å². The second kappa shape index (κ2) is 4.73. The summed E-state index contributed by atoms with van der Waals surface area (Å²) >= 11 is 0. The minimum absolute atomic E-state index is 0.0735. The topological polar surface area (TPSA) is 32.3 Å². The fourth-order valence-corrected chi connectivity index (χ4v) is 1.74. The number of aliphatic hydroxyl groups excluding tert-OH is 1. The molecular formula is C9H19NO. The van der Waals surface area contributed by atoms with Crippen molar-refractivity contribution in [1.29, 1.82) is 0 Å². The molecule has 0 saturated carbocycles. The molecule has 0 bridgehead atoms. The average Bonchev–Trinajstić information content (AvgIpc) is 2.40. The van der Waals surface area contributed by atoms with E-state index in [0.717, 1.165) is 25.8 Å². The first-order valence-corrected chi connectivity index (χ1v) is 4.74. The molecule has 0 aromatic rings. The van der Waals surface area contributed by atoms with Crippen molar-refractivity contribution in [3.8, 4) is 0 Å². The fourth-order valence-electron chi connectivity index (χ4n) is 1.74. The van der Waals surface area contributed by atoms with Crippen LogP contribution in [0.3, 0.4) is 0 Å². The van der Waals surface area contributed by atoms with Gasteiger partial charge in [-0.15, -0.1) is 0 Å². The van der Waals surface area contributed by atoms with Gasteiger partial charge in [0.1, 0.15) is 0 Å². The molecule has 1 fully saturated rings. The Bertz CT molecular complexity index is 99.7. The maximum atomic E-state index is 9.47. The van der Waals surface area contributed by atoms with E-state index in [9.17, 15) is 5.11 Å². The van der Waals surface area contributed by atoms with Crippen LogP contribution in [0.5, 0.6) is 0 Å². The Morgan fingerprint density at radius 3 is 3.00 bits per heavy atom. The van der Waals surface area contributed by atoms with Crippen molar-refractivity contribution in [3.05, 3.63) is 0 Å². The van der Waals surface area contributed by atoms with Gasteiger partial charge in [0.2, 0.25) is 0 Å². The van der Waals surface area contributed by atoms with E-state index in [4.69, 9.17) is 0 Å². The van der Waals surface area contributed by atoms with Crippen LogP contribution in [-0.4, -0.2) is 23.8 Å². The molecule has 1 aliphatic rings. The molecule has 2 nitrogen and oxygen atoms in total. The third kappa shape index (κ3) is 3.21. The molecule has 0 amide bonds. The van der Waals surface area contributed by atoms with E-state index >= 15 is 0 Å². The van der Waals surface area contributed by atoms with Crippen LogP contribution in [-0.2, 0) is 0 Å². The highest BCUT2D eigenvalue weighted by atomic mass is 16.3. The molecule has 0 radical (unpaired) electrons. The van der Waals surface area contributed by atoms with Crippen molar-refractivity contribution in [2.75, 3.05) is 6.54 Å². The van der Waals surface area contributed by atoms with Crippen molar-refractivity contribution < 1.29 is 5.11 Å². The van der Waals surface area contributed by atoms with Crippen LogP contribution >= 0.6 is 0 Å². The normalized spacial score (nSPS) is 27.3. The van der Waals surface area contributed by atoms with Gasteiger partial charge in [0, 0.05) is 6.04 Å². The van der Waals surface area contributed by atoms with Crippen molar-refractivity contribution in [2.24, 2.45) is 0 Å². The maximum absolute atomic E-state index is 9.47. The van der Waals surface area contributed by atoms with Crippen molar-refractivity contribution in [3.63, 3.8) is 0 Å². The quantitative estimate of drug-likeness (QED) is 0.644. The Morgan fingerprint density at radius 2 is 2.45 bits per heavy atom. The third-order valence-electron chi connectivity index (χ3n) is 2.34. The van der Waals surface area contributed by atoms with Gasteiger partial charge in [0.05, 0.1) is 6.10 Å². The summed E-state index contributed by atoms with van der Waals surface area (Å²) in [4.78, 5) is 0. The Hall–Kier alpha value is -0.0800. The molecule has 2 heteroatoms. The Morgan fingerprint density at radius 1 is 1.64 bits per heavy atom. The van der Waals surface area contributed by atoms with E-state index in [1.54, 1.807) is 0 Å². The Kier molecular flexibility index (Phi) is 3.87. The van der Waals surface area contributed by atoms with Gasteiger partial charge in [-0.05, 0) is 32.2 Å². The first-order valence-electron chi connectivity index (χ1n) is 4.74. The number of nitrogens with one attached hydrogen (secondary N) is 1. The zero-order chi connectivity index (χ0) is 8.10. The predicted octanol–water partition coefficient (Wildman–Crippen LogP) is 1.29. The monoisotopic (exact) mass is 157 g/mol. The molecule has 0 spiro atoms. The van der Waals surface area contributed by atoms with E-state index in [2.05, 4.69) is 12.2 Å². The number of aliphatic hydroxyl groups is 1. The lowest BCUT2D eigenvalue weighted by molar-refractivity contribution is 0.142. The van der Waals surface area contributed by atoms with Crippen LogP contribution in [0.25, 0.3) is 0 Å². The largest absolute Gasteiger partial charge is 0.393 e. The lowest BCUT2D eigenvalue weighted by atomic mass is 10.0. The number of hydrogen-bond donors (Lipinski definition) is 2. The highest BCUT2D eigenvalue weighted by molar-refractivity contribution is 4.76. The summed E-state index contributed by atoms with van der Waals surface area (Å²) in [6.45, 7) is 3.26. The second-order valence-corrected chi connectivity index (χ2v) is 3.47.